The molecule has 0 bridgehead atoms. The average Bonchev–Trinajstić information content (AvgIpc) is 2.85. The van der Waals surface area contributed by atoms with Crippen molar-refractivity contribution < 1.29 is 18.0 Å². The molecule has 0 aromatic heterocycles. The fraction of sp³-hybridized carbons (Fsp3) is 0.200. The molecule has 2 amide bonds. The van der Waals surface area contributed by atoms with Crippen molar-refractivity contribution in [3.05, 3.63) is 102 Å². The van der Waals surface area contributed by atoms with Gasteiger partial charge in [-0.1, -0.05) is 66.7 Å². The van der Waals surface area contributed by atoms with Gasteiger partial charge in [0.1, 0.15) is 0 Å². The molecule has 0 saturated carbocycles. The molecule has 0 radical (unpaired) electrons. The highest BCUT2D eigenvalue weighted by atomic mass is 32.2. The van der Waals surface area contributed by atoms with Gasteiger partial charge in [-0.2, -0.15) is 0 Å². The SMILES string of the molecule is CCN(Cc1ccccc1)C(=O)CNC(=O)c1cccc(S(=O)(=O)NCc2ccccc2)c1. The molecule has 0 aliphatic heterocycles. The van der Waals surface area contributed by atoms with Crippen molar-refractivity contribution >= 4 is 21.8 Å². The number of hydrogen-bond donors (Lipinski definition) is 2. The molecular weight excluding hydrogens is 438 g/mol. The number of nitrogens with zero attached hydrogens (tertiary/aromatic N) is 1. The molecule has 3 rings (SSSR count). The summed E-state index contributed by atoms with van der Waals surface area (Å²) in [5.41, 5.74) is 1.99. The van der Waals surface area contributed by atoms with Crippen LogP contribution in [0.4, 0.5) is 0 Å². The van der Waals surface area contributed by atoms with E-state index in [4.69, 9.17) is 0 Å². The van der Waals surface area contributed by atoms with Gasteiger partial charge in [0.25, 0.3) is 5.91 Å². The van der Waals surface area contributed by atoms with Crippen LogP contribution in [0.15, 0.2) is 89.8 Å². The lowest BCUT2D eigenvalue weighted by molar-refractivity contribution is -0.130. The van der Waals surface area contributed by atoms with Crippen LogP contribution in [-0.2, 0) is 27.9 Å². The highest BCUT2D eigenvalue weighted by Gasteiger charge is 2.18. The van der Waals surface area contributed by atoms with Crippen LogP contribution in [0.5, 0.6) is 0 Å². The zero-order valence-electron chi connectivity index (χ0n) is 18.4. The summed E-state index contributed by atoms with van der Waals surface area (Å²) in [4.78, 5) is 26.8. The van der Waals surface area contributed by atoms with Crippen LogP contribution in [0, 0.1) is 0 Å². The van der Waals surface area contributed by atoms with E-state index < -0.39 is 15.9 Å². The Bertz CT molecular complexity index is 1180. The number of carbonyl (C=O) groups excluding carboxylic acids is 2. The molecule has 8 heteroatoms. The van der Waals surface area contributed by atoms with E-state index in [0.29, 0.717) is 13.1 Å². The van der Waals surface area contributed by atoms with Crippen molar-refractivity contribution in [3.63, 3.8) is 0 Å². The molecule has 33 heavy (non-hydrogen) atoms. The van der Waals surface area contributed by atoms with Gasteiger partial charge < -0.3 is 10.2 Å². The lowest BCUT2D eigenvalue weighted by atomic mass is 10.2. The van der Waals surface area contributed by atoms with Crippen LogP contribution in [0.25, 0.3) is 0 Å². The molecule has 0 fully saturated rings. The van der Waals surface area contributed by atoms with Gasteiger partial charge in [0.2, 0.25) is 15.9 Å². The second-order valence-electron chi connectivity index (χ2n) is 7.41. The maximum absolute atomic E-state index is 12.6. The summed E-state index contributed by atoms with van der Waals surface area (Å²) in [7, 11) is -3.80. The summed E-state index contributed by atoms with van der Waals surface area (Å²) in [6.45, 7) is 2.79. The maximum Gasteiger partial charge on any atom is 0.251 e. The predicted octanol–water partition coefficient (Wildman–Crippen LogP) is 2.94. The van der Waals surface area contributed by atoms with Crippen molar-refractivity contribution in [2.24, 2.45) is 0 Å². The summed E-state index contributed by atoms with van der Waals surface area (Å²) in [6, 6.07) is 24.5. The Kier molecular flexibility index (Phi) is 8.34. The number of hydrogen-bond acceptors (Lipinski definition) is 4. The number of benzene rings is 3. The summed E-state index contributed by atoms with van der Waals surface area (Å²) in [5, 5.41) is 2.59. The topological polar surface area (TPSA) is 95.6 Å². The maximum atomic E-state index is 12.6. The van der Waals surface area contributed by atoms with Gasteiger partial charge in [0.15, 0.2) is 0 Å². The Hall–Kier alpha value is -3.49. The first-order valence-electron chi connectivity index (χ1n) is 10.6. The standard InChI is InChI=1S/C25H27N3O4S/c1-2-28(19-21-12-7-4-8-13-21)24(29)18-26-25(30)22-14-9-15-23(16-22)33(31,32)27-17-20-10-5-3-6-11-20/h3-16,27H,2,17-19H2,1H3,(H,26,30). The van der Waals surface area contributed by atoms with Gasteiger partial charge in [-0.05, 0) is 36.2 Å². The molecule has 172 valence electrons. The fourth-order valence-corrected chi connectivity index (χ4v) is 4.28. The van der Waals surface area contributed by atoms with Crippen LogP contribution in [0.3, 0.4) is 0 Å². The molecule has 0 saturated heterocycles. The zero-order chi connectivity index (χ0) is 23.7. The minimum absolute atomic E-state index is 0.0170. The van der Waals surface area contributed by atoms with Gasteiger partial charge >= 0.3 is 0 Å². The molecule has 2 N–H and O–H groups in total. The highest BCUT2D eigenvalue weighted by Crippen LogP contribution is 2.13. The van der Waals surface area contributed by atoms with Crippen LogP contribution in [0.1, 0.15) is 28.4 Å². The number of sulfonamides is 1. The van der Waals surface area contributed by atoms with Crippen molar-refractivity contribution in [1.29, 1.82) is 0 Å². The van der Waals surface area contributed by atoms with Gasteiger partial charge in [-0.15, -0.1) is 0 Å². The van der Waals surface area contributed by atoms with Gasteiger partial charge in [0, 0.05) is 25.2 Å². The van der Waals surface area contributed by atoms with Crippen LogP contribution in [-0.4, -0.2) is 38.2 Å². The Balaban J connectivity index is 1.60. The van der Waals surface area contributed by atoms with Crippen LogP contribution >= 0.6 is 0 Å². The van der Waals surface area contributed by atoms with Gasteiger partial charge in [-0.3, -0.25) is 9.59 Å². The number of rotatable bonds is 10. The molecule has 0 unspecified atom stereocenters. The van der Waals surface area contributed by atoms with E-state index in [9.17, 15) is 18.0 Å². The third-order valence-corrected chi connectivity index (χ3v) is 6.47. The Labute approximate surface area is 194 Å². The molecule has 0 atom stereocenters. The van der Waals surface area contributed by atoms with E-state index in [1.54, 1.807) is 4.90 Å². The van der Waals surface area contributed by atoms with Crippen molar-refractivity contribution in [2.45, 2.75) is 24.9 Å². The first-order chi connectivity index (χ1) is 15.9. The van der Waals surface area contributed by atoms with E-state index in [1.807, 2.05) is 67.6 Å². The molecule has 0 aliphatic rings. The summed E-state index contributed by atoms with van der Waals surface area (Å²) < 4.78 is 27.8. The molecule has 0 aliphatic carbocycles. The number of likely N-dealkylation sites (N-methyl/N-ethyl adjacent to an activating group) is 1. The summed E-state index contributed by atoms with van der Waals surface area (Å²) in [6.07, 6.45) is 0. The zero-order valence-corrected chi connectivity index (χ0v) is 19.2. The molecular formula is C25H27N3O4S. The van der Waals surface area contributed by atoms with E-state index in [0.717, 1.165) is 11.1 Å². The van der Waals surface area contributed by atoms with E-state index >= 15 is 0 Å². The van der Waals surface area contributed by atoms with E-state index in [1.165, 1.54) is 24.3 Å². The smallest absolute Gasteiger partial charge is 0.251 e. The Morgan fingerprint density at radius 1 is 0.848 bits per heavy atom. The summed E-state index contributed by atoms with van der Waals surface area (Å²) in [5.74, 6) is -0.734. The van der Waals surface area contributed by atoms with Gasteiger partial charge in [-0.25, -0.2) is 13.1 Å². The van der Waals surface area contributed by atoms with Crippen molar-refractivity contribution in [1.82, 2.24) is 14.9 Å². The van der Waals surface area contributed by atoms with Crippen LogP contribution < -0.4 is 10.0 Å². The van der Waals surface area contributed by atoms with Crippen molar-refractivity contribution in [2.75, 3.05) is 13.1 Å². The number of nitrogens with one attached hydrogen (secondary N) is 2. The predicted molar refractivity (Wildman–Crippen MR) is 127 cm³/mol. The number of amides is 2. The van der Waals surface area contributed by atoms with Gasteiger partial charge in [0.05, 0.1) is 11.4 Å². The van der Waals surface area contributed by atoms with E-state index in [-0.39, 0.29) is 29.5 Å². The third kappa shape index (κ3) is 7.00. The second-order valence-corrected chi connectivity index (χ2v) is 9.18. The lowest BCUT2D eigenvalue weighted by Gasteiger charge is -2.21. The van der Waals surface area contributed by atoms with Crippen molar-refractivity contribution in [3.8, 4) is 0 Å². The highest BCUT2D eigenvalue weighted by molar-refractivity contribution is 7.89. The minimum Gasteiger partial charge on any atom is -0.343 e. The lowest BCUT2D eigenvalue weighted by Crippen LogP contribution is -2.39. The third-order valence-electron chi connectivity index (χ3n) is 5.07. The molecule has 3 aromatic rings. The largest absolute Gasteiger partial charge is 0.343 e. The molecule has 3 aromatic carbocycles. The second kappa shape index (κ2) is 11.4. The first-order valence-corrected chi connectivity index (χ1v) is 12.1. The van der Waals surface area contributed by atoms with Crippen LogP contribution in [0.2, 0.25) is 0 Å². The average molecular weight is 466 g/mol. The number of carbonyl (C=O) groups is 2. The monoisotopic (exact) mass is 465 g/mol. The normalized spacial score (nSPS) is 11.1. The fourth-order valence-electron chi connectivity index (χ4n) is 3.21. The van der Waals surface area contributed by atoms with E-state index in [2.05, 4.69) is 10.0 Å². The Morgan fingerprint density at radius 3 is 2.12 bits per heavy atom. The molecule has 7 nitrogen and oxygen atoms in total. The first kappa shape index (κ1) is 24.2. The quantitative estimate of drug-likeness (QED) is 0.481. The summed E-state index contributed by atoms with van der Waals surface area (Å²) >= 11 is 0. The molecule has 0 heterocycles. The molecule has 0 spiro atoms. The Morgan fingerprint density at radius 2 is 1.48 bits per heavy atom. The minimum atomic E-state index is -3.80.